The van der Waals surface area contributed by atoms with Crippen LogP contribution in [0.25, 0.3) is 0 Å². The molecule has 1 heterocycles. The minimum Gasteiger partial charge on any atom is -0.380 e. The van der Waals surface area contributed by atoms with Gasteiger partial charge in [0.25, 0.3) is 0 Å². The monoisotopic (exact) mass is 304 g/mol. The summed E-state index contributed by atoms with van der Waals surface area (Å²) in [5.41, 5.74) is -0.0526. The highest BCUT2D eigenvalue weighted by Gasteiger charge is 2.26. The Kier molecular flexibility index (Phi) is 3.89. The first kappa shape index (κ1) is 12.6. The molecule has 1 aliphatic heterocycles. The number of rotatable bonds is 2. The number of halogens is 3. The predicted molar refractivity (Wildman–Crippen MR) is 61.7 cm³/mol. The van der Waals surface area contributed by atoms with Gasteiger partial charge in [-0.15, -0.1) is 0 Å². The van der Waals surface area contributed by atoms with Crippen LogP contribution in [0.3, 0.4) is 0 Å². The molecule has 1 unspecified atom stereocenters. The van der Waals surface area contributed by atoms with E-state index in [0.717, 1.165) is 0 Å². The van der Waals surface area contributed by atoms with Crippen LogP contribution in [0.5, 0.6) is 0 Å². The molecule has 0 amide bonds. The van der Waals surface area contributed by atoms with Gasteiger partial charge in [-0.3, -0.25) is 4.79 Å². The van der Waals surface area contributed by atoms with Crippen LogP contribution in [0.15, 0.2) is 16.6 Å². The summed E-state index contributed by atoms with van der Waals surface area (Å²) in [7, 11) is 0. The van der Waals surface area contributed by atoms with Crippen molar-refractivity contribution in [3.8, 4) is 0 Å². The van der Waals surface area contributed by atoms with Gasteiger partial charge in [0.05, 0.1) is 17.7 Å². The summed E-state index contributed by atoms with van der Waals surface area (Å²) in [5.74, 6) is -1.69. The van der Waals surface area contributed by atoms with Crippen molar-refractivity contribution in [2.45, 2.75) is 12.8 Å². The van der Waals surface area contributed by atoms with Crippen molar-refractivity contribution < 1.29 is 18.3 Å². The predicted octanol–water partition coefficient (Wildman–Crippen LogP) is 2.88. The molecular formula is C12H11BrF2O2. The van der Waals surface area contributed by atoms with Gasteiger partial charge in [0.1, 0.15) is 17.4 Å². The van der Waals surface area contributed by atoms with Crippen LogP contribution in [0.2, 0.25) is 0 Å². The SMILES string of the molecule is O=C1CCOCC1Cc1c(F)ccc(Br)c1F. The van der Waals surface area contributed by atoms with Crippen molar-refractivity contribution in [2.24, 2.45) is 5.92 Å². The number of ketones is 1. The van der Waals surface area contributed by atoms with Gasteiger partial charge in [-0.25, -0.2) is 8.78 Å². The van der Waals surface area contributed by atoms with E-state index in [9.17, 15) is 13.6 Å². The molecule has 1 aliphatic rings. The van der Waals surface area contributed by atoms with Gasteiger partial charge < -0.3 is 4.74 Å². The van der Waals surface area contributed by atoms with Crippen molar-refractivity contribution in [2.75, 3.05) is 13.2 Å². The number of hydrogen-bond donors (Lipinski definition) is 0. The zero-order valence-electron chi connectivity index (χ0n) is 9.01. The van der Waals surface area contributed by atoms with Crippen molar-refractivity contribution >= 4 is 21.7 Å². The quantitative estimate of drug-likeness (QED) is 0.785. The third kappa shape index (κ3) is 2.72. The number of carbonyl (C=O) groups excluding carboxylic acids is 1. The molecule has 5 heteroatoms. The highest BCUT2D eigenvalue weighted by atomic mass is 79.9. The van der Waals surface area contributed by atoms with Crippen LogP contribution in [0, 0.1) is 17.6 Å². The number of ether oxygens (including phenoxy) is 1. The van der Waals surface area contributed by atoms with E-state index in [4.69, 9.17) is 4.74 Å². The molecule has 1 atom stereocenters. The molecule has 1 aromatic rings. The van der Waals surface area contributed by atoms with E-state index in [1.54, 1.807) is 0 Å². The number of Topliss-reactive ketones (excluding diaryl/α,β-unsaturated/α-hetero) is 1. The first-order chi connectivity index (χ1) is 8.09. The Morgan fingerprint density at radius 2 is 2.18 bits per heavy atom. The summed E-state index contributed by atoms with van der Waals surface area (Å²) < 4.78 is 32.6. The first-order valence-electron chi connectivity index (χ1n) is 5.32. The van der Waals surface area contributed by atoms with Crippen LogP contribution in [0.4, 0.5) is 8.78 Å². The minimum atomic E-state index is -0.636. The fraction of sp³-hybridized carbons (Fsp3) is 0.417. The average molecular weight is 305 g/mol. The fourth-order valence-electron chi connectivity index (χ4n) is 1.87. The van der Waals surface area contributed by atoms with Crippen molar-refractivity contribution in [1.29, 1.82) is 0 Å². The molecule has 0 bridgehead atoms. The average Bonchev–Trinajstić information content (AvgIpc) is 2.32. The van der Waals surface area contributed by atoms with E-state index >= 15 is 0 Å². The standard InChI is InChI=1S/C12H11BrF2O2/c13-9-1-2-10(14)8(12(9)15)5-7-6-17-4-3-11(7)16/h1-2,7H,3-6H2. The van der Waals surface area contributed by atoms with E-state index in [1.165, 1.54) is 12.1 Å². The van der Waals surface area contributed by atoms with Gasteiger partial charge in [0.15, 0.2) is 0 Å². The maximum atomic E-state index is 13.7. The van der Waals surface area contributed by atoms with Gasteiger partial charge in [-0.2, -0.15) is 0 Å². The van der Waals surface area contributed by atoms with Gasteiger partial charge in [0, 0.05) is 17.9 Å². The lowest BCUT2D eigenvalue weighted by Crippen LogP contribution is -2.29. The molecule has 0 N–H and O–H groups in total. The fourth-order valence-corrected chi connectivity index (χ4v) is 2.24. The molecule has 2 nitrogen and oxygen atoms in total. The number of carbonyl (C=O) groups is 1. The Balaban J connectivity index is 2.23. The maximum Gasteiger partial charge on any atom is 0.143 e. The summed E-state index contributed by atoms with van der Waals surface area (Å²) in [5, 5.41) is 0. The first-order valence-corrected chi connectivity index (χ1v) is 6.11. The second-order valence-corrected chi connectivity index (χ2v) is 4.87. The number of benzene rings is 1. The Labute approximate surface area is 106 Å². The lowest BCUT2D eigenvalue weighted by atomic mass is 9.92. The second-order valence-electron chi connectivity index (χ2n) is 4.01. The van der Waals surface area contributed by atoms with Crippen LogP contribution < -0.4 is 0 Å². The molecule has 0 saturated carbocycles. The normalized spacial score (nSPS) is 20.6. The topological polar surface area (TPSA) is 26.3 Å². The van der Waals surface area contributed by atoms with Crippen molar-refractivity contribution in [3.05, 3.63) is 33.8 Å². The zero-order chi connectivity index (χ0) is 12.4. The smallest absolute Gasteiger partial charge is 0.143 e. The van der Waals surface area contributed by atoms with Gasteiger partial charge in [0.2, 0.25) is 0 Å². The molecule has 0 spiro atoms. The van der Waals surface area contributed by atoms with E-state index in [0.29, 0.717) is 13.0 Å². The molecule has 1 saturated heterocycles. The summed E-state index contributed by atoms with van der Waals surface area (Å²) in [6.45, 7) is 0.642. The molecule has 1 aromatic carbocycles. The zero-order valence-corrected chi connectivity index (χ0v) is 10.6. The third-order valence-electron chi connectivity index (χ3n) is 2.86. The van der Waals surface area contributed by atoms with Gasteiger partial charge >= 0.3 is 0 Å². The molecule has 2 rings (SSSR count). The lowest BCUT2D eigenvalue weighted by molar-refractivity contribution is -0.130. The maximum absolute atomic E-state index is 13.7. The van der Waals surface area contributed by atoms with E-state index in [-0.39, 0.29) is 28.8 Å². The van der Waals surface area contributed by atoms with Crippen LogP contribution in [-0.2, 0) is 16.0 Å². The summed E-state index contributed by atoms with van der Waals surface area (Å²) in [6.07, 6.45) is 0.373. The van der Waals surface area contributed by atoms with E-state index in [2.05, 4.69) is 15.9 Å². The largest absolute Gasteiger partial charge is 0.380 e. The van der Waals surface area contributed by atoms with E-state index in [1.807, 2.05) is 0 Å². The molecule has 0 aromatic heterocycles. The van der Waals surface area contributed by atoms with E-state index < -0.39 is 17.6 Å². The summed E-state index contributed by atoms with van der Waals surface area (Å²) in [6, 6.07) is 2.50. The highest BCUT2D eigenvalue weighted by Crippen LogP contribution is 2.25. The third-order valence-corrected chi connectivity index (χ3v) is 3.47. The summed E-state index contributed by atoms with van der Waals surface area (Å²) >= 11 is 3.00. The molecule has 0 aliphatic carbocycles. The Morgan fingerprint density at radius 1 is 1.41 bits per heavy atom. The van der Waals surface area contributed by atoms with Crippen molar-refractivity contribution in [3.63, 3.8) is 0 Å². The highest BCUT2D eigenvalue weighted by molar-refractivity contribution is 9.10. The van der Waals surface area contributed by atoms with Crippen LogP contribution in [0.1, 0.15) is 12.0 Å². The van der Waals surface area contributed by atoms with Gasteiger partial charge in [-0.05, 0) is 34.5 Å². The van der Waals surface area contributed by atoms with Crippen LogP contribution in [-0.4, -0.2) is 19.0 Å². The Bertz CT molecular complexity index is 448. The minimum absolute atomic E-state index is 0.00928. The summed E-state index contributed by atoms with van der Waals surface area (Å²) in [4.78, 5) is 11.6. The van der Waals surface area contributed by atoms with Gasteiger partial charge in [-0.1, -0.05) is 0 Å². The Hall–Kier alpha value is -0.810. The Morgan fingerprint density at radius 3 is 2.88 bits per heavy atom. The second kappa shape index (κ2) is 5.23. The lowest BCUT2D eigenvalue weighted by Gasteiger charge is -2.21. The number of hydrogen-bond acceptors (Lipinski definition) is 2. The van der Waals surface area contributed by atoms with Crippen molar-refractivity contribution in [1.82, 2.24) is 0 Å². The molecule has 1 fully saturated rings. The molecule has 0 radical (unpaired) electrons. The molecule has 17 heavy (non-hydrogen) atoms. The molecular weight excluding hydrogens is 294 g/mol. The van der Waals surface area contributed by atoms with Crippen LogP contribution >= 0.6 is 15.9 Å². The molecule has 92 valence electrons.